The minimum atomic E-state index is 0.474. The molecule has 1 N–H and O–H groups in total. The predicted molar refractivity (Wildman–Crippen MR) is 59.3 cm³/mol. The number of nitrogens with zero attached hydrogens (tertiary/aromatic N) is 2. The van der Waals surface area contributed by atoms with Crippen LogP contribution in [0, 0.1) is 0 Å². The molecule has 1 unspecified atom stereocenters. The largest absolute Gasteiger partial charge is 0.316 e. The summed E-state index contributed by atoms with van der Waals surface area (Å²) in [5.41, 5.74) is 1.29. The molecular weight excluding hydrogens is 174 g/mol. The van der Waals surface area contributed by atoms with Gasteiger partial charge < -0.3 is 5.32 Å². The molecule has 78 valence electrons. The minimum absolute atomic E-state index is 0.474. The average Bonchev–Trinajstić information content (AvgIpc) is 2.65. The topological polar surface area (TPSA) is 29.9 Å². The van der Waals surface area contributed by atoms with Crippen molar-refractivity contribution in [2.24, 2.45) is 0 Å². The van der Waals surface area contributed by atoms with Crippen molar-refractivity contribution in [3.63, 3.8) is 0 Å². The van der Waals surface area contributed by atoms with E-state index in [4.69, 9.17) is 0 Å². The third kappa shape index (κ3) is 3.00. The van der Waals surface area contributed by atoms with Crippen LogP contribution >= 0.6 is 0 Å². The number of aromatic nitrogens is 2. The van der Waals surface area contributed by atoms with Crippen molar-refractivity contribution in [1.29, 1.82) is 0 Å². The Kier molecular flexibility index (Phi) is 4.40. The first-order valence-corrected chi connectivity index (χ1v) is 5.09. The standard InChI is InChI=1S/C11H19N3/c1-4-6-11(12-3)7-10-8-13-14(5-2)9-10/h4,8-9,11-12H,1,5-7H2,2-3H3. The number of likely N-dealkylation sites (N-methyl/N-ethyl adjacent to an activating group) is 1. The summed E-state index contributed by atoms with van der Waals surface area (Å²) in [6, 6.07) is 0.474. The van der Waals surface area contributed by atoms with Crippen LogP contribution in [0.15, 0.2) is 25.0 Å². The quantitative estimate of drug-likeness (QED) is 0.696. The molecule has 3 heteroatoms. The van der Waals surface area contributed by atoms with E-state index in [-0.39, 0.29) is 0 Å². The van der Waals surface area contributed by atoms with Gasteiger partial charge in [0, 0.05) is 18.8 Å². The third-order valence-electron chi connectivity index (χ3n) is 2.35. The van der Waals surface area contributed by atoms with E-state index in [2.05, 4.69) is 30.1 Å². The second-order valence-electron chi connectivity index (χ2n) is 3.42. The smallest absolute Gasteiger partial charge is 0.0522 e. The first-order chi connectivity index (χ1) is 6.80. The van der Waals surface area contributed by atoms with Crippen LogP contribution in [-0.4, -0.2) is 22.9 Å². The zero-order chi connectivity index (χ0) is 10.4. The molecule has 0 aliphatic heterocycles. The number of rotatable bonds is 6. The Morgan fingerprint density at radius 3 is 3.00 bits per heavy atom. The summed E-state index contributed by atoms with van der Waals surface area (Å²) in [4.78, 5) is 0. The Labute approximate surface area is 85.8 Å². The molecule has 1 aromatic heterocycles. The fourth-order valence-electron chi connectivity index (χ4n) is 1.47. The minimum Gasteiger partial charge on any atom is -0.316 e. The molecule has 0 bridgehead atoms. The lowest BCUT2D eigenvalue weighted by molar-refractivity contribution is 0.565. The van der Waals surface area contributed by atoms with Gasteiger partial charge in [-0.15, -0.1) is 6.58 Å². The molecule has 0 aliphatic rings. The summed E-state index contributed by atoms with van der Waals surface area (Å²) >= 11 is 0. The molecule has 0 amide bonds. The Bertz CT molecular complexity index is 278. The van der Waals surface area contributed by atoms with Gasteiger partial charge in [0.2, 0.25) is 0 Å². The summed E-state index contributed by atoms with van der Waals surface area (Å²) in [5.74, 6) is 0. The Balaban J connectivity index is 2.52. The summed E-state index contributed by atoms with van der Waals surface area (Å²) in [5, 5.41) is 7.52. The molecule has 1 heterocycles. The van der Waals surface area contributed by atoms with Crippen LogP contribution in [0.3, 0.4) is 0 Å². The highest BCUT2D eigenvalue weighted by molar-refractivity contribution is 5.06. The van der Waals surface area contributed by atoms with Gasteiger partial charge in [-0.2, -0.15) is 5.10 Å². The Morgan fingerprint density at radius 1 is 1.71 bits per heavy atom. The van der Waals surface area contributed by atoms with E-state index in [1.165, 1.54) is 5.56 Å². The number of hydrogen-bond acceptors (Lipinski definition) is 2. The van der Waals surface area contributed by atoms with E-state index in [9.17, 15) is 0 Å². The van der Waals surface area contributed by atoms with Gasteiger partial charge in [-0.1, -0.05) is 6.08 Å². The van der Waals surface area contributed by atoms with E-state index in [1.54, 1.807) is 0 Å². The van der Waals surface area contributed by atoms with Gasteiger partial charge >= 0.3 is 0 Å². The van der Waals surface area contributed by atoms with Crippen LogP contribution in [-0.2, 0) is 13.0 Å². The Hall–Kier alpha value is -1.09. The van der Waals surface area contributed by atoms with Crippen LogP contribution in [0.1, 0.15) is 18.9 Å². The second kappa shape index (κ2) is 5.60. The van der Waals surface area contributed by atoms with Gasteiger partial charge in [-0.3, -0.25) is 4.68 Å². The molecule has 0 saturated carbocycles. The monoisotopic (exact) mass is 193 g/mol. The lowest BCUT2D eigenvalue weighted by atomic mass is 10.1. The first kappa shape index (κ1) is 11.0. The second-order valence-corrected chi connectivity index (χ2v) is 3.42. The van der Waals surface area contributed by atoms with Crippen molar-refractivity contribution >= 4 is 0 Å². The molecule has 1 atom stereocenters. The zero-order valence-electron chi connectivity index (χ0n) is 9.03. The van der Waals surface area contributed by atoms with Crippen LogP contribution in [0.2, 0.25) is 0 Å². The molecule has 1 aromatic rings. The SMILES string of the molecule is C=CCC(Cc1cnn(CC)c1)NC. The Morgan fingerprint density at radius 2 is 2.50 bits per heavy atom. The van der Waals surface area contributed by atoms with E-state index in [0.717, 1.165) is 19.4 Å². The van der Waals surface area contributed by atoms with Crippen LogP contribution in [0.5, 0.6) is 0 Å². The van der Waals surface area contributed by atoms with Gasteiger partial charge in [-0.05, 0) is 32.4 Å². The first-order valence-electron chi connectivity index (χ1n) is 5.09. The van der Waals surface area contributed by atoms with Crippen LogP contribution in [0.4, 0.5) is 0 Å². The van der Waals surface area contributed by atoms with Gasteiger partial charge in [0.1, 0.15) is 0 Å². The average molecular weight is 193 g/mol. The van der Waals surface area contributed by atoms with Gasteiger partial charge in [0.05, 0.1) is 6.20 Å². The molecular formula is C11H19N3. The number of aryl methyl sites for hydroxylation is 1. The zero-order valence-corrected chi connectivity index (χ0v) is 9.03. The summed E-state index contributed by atoms with van der Waals surface area (Å²) in [6.45, 7) is 6.78. The summed E-state index contributed by atoms with van der Waals surface area (Å²) in [7, 11) is 1.98. The molecule has 0 radical (unpaired) electrons. The van der Waals surface area contributed by atoms with E-state index < -0.39 is 0 Å². The lowest BCUT2D eigenvalue weighted by Gasteiger charge is -2.11. The van der Waals surface area contributed by atoms with E-state index >= 15 is 0 Å². The fourth-order valence-corrected chi connectivity index (χ4v) is 1.47. The van der Waals surface area contributed by atoms with Crippen molar-refractivity contribution in [3.05, 3.63) is 30.6 Å². The molecule has 0 fully saturated rings. The highest BCUT2D eigenvalue weighted by Crippen LogP contribution is 2.05. The molecule has 1 rings (SSSR count). The molecule has 0 spiro atoms. The maximum atomic E-state index is 4.25. The molecule has 14 heavy (non-hydrogen) atoms. The molecule has 0 aliphatic carbocycles. The number of hydrogen-bond donors (Lipinski definition) is 1. The van der Waals surface area contributed by atoms with Crippen molar-refractivity contribution in [2.45, 2.75) is 32.4 Å². The van der Waals surface area contributed by atoms with Gasteiger partial charge in [-0.25, -0.2) is 0 Å². The van der Waals surface area contributed by atoms with Crippen LogP contribution < -0.4 is 5.32 Å². The summed E-state index contributed by atoms with van der Waals surface area (Å²) in [6.07, 6.45) is 8.01. The molecule has 0 saturated heterocycles. The normalized spacial score (nSPS) is 12.7. The molecule has 3 nitrogen and oxygen atoms in total. The van der Waals surface area contributed by atoms with Crippen molar-refractivity contribution in [1.82, 2.24) is 15.1 Å². The third-order valence-corrected chi connectivity index (χ3v) is 2.35. The number of nitrogens with one attached hydrogen (secondary N) is 1. The maximum Gasteiger partial charge on any atom is 0.0522 e. The predicted octanol–water partition coefficient (Wildman–Crippen LogP) is 1.61. The van der Waals surface area contributed by atoms with E-state index in [1.807, 2.05) is 24.0 Å². The molecule has 0 aromatic carbocycles. The fraction of sp³-hybridized carbons (Fsp3) is 0.545. The summed E-state index contributed by atoms with van der Waals surface area (Å²) < 4.78 is 1.95. The highest BCUT2D eigenvalue weighted by Gasteiger charge is 2.06. The van der Waals surface area contributed by atoms with Crippen molar-refractivity contribution in [3.8, 4) is 0 Å². The van der Waals surface area contributed by atoms with E-state index in [0.29, 0.717) is 6.04 Å². The van der Waals surface area contributed by atoms with Crippen molar-refractivity contribution < 1.29 is 0 Å². The van der Waals surface area contributed by atoms with Crippen LogP contribution in [0.25, 0.3) is 0 Å². The van der Waals surface area contributed by atoms with Gasteiger partial charge in [0.15, 0.2) is 0 Å². The van der Waals surface area contributed by atoms with Crippen molar-refractivity contribution in [2.75, 3.05) is 7.05 Å². The lowest BCUT2D eigenvalue weighted by Crippen LogP contribution is -2.26. The highest BCUT2D eigenvalue weighted by atomic mass is 15.3. The van der Waals surface area contributed by atoms with Gasteiger partial charge in [0.25, 0.3) is 0 Å². The maximum absolute atomic E-state index is 4.25.